The van der Waals surface area contributed by atoms with Gasteiger partial charge in [-0.25, -0.2) is 4.79 Å². The fraction of sp³-hybridized carbons (Fsp3) is 0.417. The van der Waals surface area contributed by atoms with Gasteiger partial charge in [0.1, 0.15) is 11.7 Å². The molecule has 0 spiro atoms. The Bertz CT molecular complexity index is 349. The van der Waals surface area contributed by atoms with Gasteiger partial charge in [-0.1, -0.05) is 6.58 Å². The Kier molecular flexibility index (Phi) is 4.12. The smallest absolute Gasteiger partial charge is 0.429 e. The number of carbonyl (C=O) groups is 1. The molecular weight excluding hydrogens is 224 g/mol. The van der Waals surface area contributed by atoms with E-state index >= 15 is 0 Å². The van der Waals surface area contributed by atoms with E-state index < -0.39 is 17.9 Å². The molecule has 0 aromatic carbocycles. The Morgan fingerprint density at radius 1 is 1.56 bits per heavy atom. The van der Waals surface area contributed by atoms with E-state index in [0.717, 1.165) is 5.56 Å². The van der Waals surface area contributed by atoms with Crippen LogP contribution in [0.3, 0.4) is 0 Å². The van der Waals surface area contributed by atoms with Crippen molar-refractivity contribution in [3.05, 3.63) is 35.0 Å². The minimum Gasteiger partial charge on any atom is -0.429 e. The highest BCUT2D eigenvalue weighted by Crippen LogP contribution is 2.22. The maximum absolute atomic E-state index is 11.4. The number of ether oxygens (including phenoxy) is 2. The van der Waals surface area contributed by atoms with Gasteiger partial charge in [0.15, 0.2) is 0 Å². The summed E-state index contributed by atoms with van der Waals surface area (Å²) in [4.78, 5) is 11.4. The van der Waals surface area contributed by atoms with Crippen molar-refractivity contribution in [2.75, 3.05) is 0 Å². The summed E-state index contributed by atoms with van der Waals surface area (Å²) in [6.45, 7) is 9.02. The molecule has 88 valence electrons. The quantitative estimate of drug-likeness (QED) is 0.593. The Labute approximate surface area is 99.7 Å². The zero-order valence-corrected chi connectivity index (χ0v) is 10.5. The van der Waals surface area contributed by atoms with Crippen LogP contribution in [0.4, 0.5) is 4.79 Å². The van der Waals surface area contributed by atoms with Gasteiger partial charge < -0.3 is 9.47 Å². The standard InChI is InChI=1S/C12H16O3S/c1-5-10(9-6-7-16-8-9)14-11(13)15-12(2,3)4/h5-8,10H,1H2,2-4H3/t10-/m0/s1. The van der Waals surface area contributed by atoms with Crippen molar-refractivity contribution in [2.24, 2.45) is 0 Å². The van der Waals surface area contributed by atoms with Gasteiger partial charge in [0.05, 0.1) is 0 Å². The largest absolute Gasteiger partial charge is 0.509 e. The van der Waals surface area contributed by atoms with Crippen LogP contribution in [0.5, 0.6) is 0 Å². The Morgan fingerprint density at radius 3 is 2.69 bits per heavy atom. The lowest BCUT2D eigenvalue weighted by atomic mass is 10.2. The second kappa shape index (κ2) is 5.16. The number of carbonyl (C=O) groups excluding carboxylic acids is 1. The van der Waals surface area contributed by atoms with Gasteiger partial charge in [0.25, 0.3) is 0 Å². The summed E-state index contributed by atoms with van der Waals surface area (Å²) in [5.41, 5.74) is 0.364. The molecule has 3 nitrogen and oxygen atoms in total. The van der Waals surface area contributed by atoms with Crippen molar-refractivity contribution < 1.29 is 14.3 Å². The van der Waals surface area contributed by atoms with E-state index in [-0.39, 0.29) is 0 Å². The predicted molar refractivity (Wildman–Crippen MR) is 64.6 cm³/mol. The lowest BCUT2D eigenvalue weighted by Crippen LogP contribution is -2.25. The number of thiophene rings is 1. The first-order valence-corrected chi connectivity index (χ1v) is 5.91. The van der Waals surface area contributed by atoms with E-state index in [1.54, 1.807) is 38.2 Å². The van der Waals surface area contributed by atoms with Crippen LogP contribution < -0.4 is 0 Å². The van der Waals surface area contributed by atoms with Gasteiger partial charge in [-0.05, 0) is 43.7 Å². The molecule has 1 atom stereocenters. The van der Waals surface area contributed by atoms with Gasteiger partial charge in [0.2, 0.25) is 0 Å². The van der Waals surface area contributed by atoms with Crippen molar-refractivity contribution in [1.82, 2.24) is 0 Å². The lowest BCUT2D eigenvalue weighted by Gasteiger charge is -2.21. The molecule has 1 rings (SSSR count). The van der Waals surface area contributed by atoms with Crippen molar-refractivity contribution in [2.45, 2.75) is 32.5 Å². The van der Waals surface area contributed by atoms with E-state index in [9.17, 15) is 4.79 Å². The monoisotopic (exact) mass is 240 g/mol. The van der Waals surface area contributed by atoms with Gasteiger partial charge >= 0.3 is 6.16 Å². The van der Waals surface area contributed by atoms with E-state index in [2.05, 4.69) is 6.58 Å². The Hall–Kier alpha value is -1.29. The van der Waals surface area contributed by atoms with Crippen LogP contribution in [0, 0.1) is 0 Å². The molecule has 0 unspecified atom stereocenters. The maximum atomic E-state index is 11.4. The molecule has 0 amide bonds. The lowest BCUT2D eigenvalue weighted by molar-refractivity contribution is -0.0187. The summed E-state index contributed by atoms with van der Waals surface area (Å²) in [7, 11) is 0. The maximum Gasteiger partial charge on any atom is 0.509 e. The first kappa shape index (κ1) is 12.8. The molecule has 0 saturated heterocycles. The van der Waals surface area contributed by atoms with E-state index in [1.807, 2.05) is 16.8 Å². The topological polar surface area (TPSA) is 35.5 Å². The van der Waals surface area contributed by atoms with Crippen LogP contribution in [-0.2, 0) is 9.47 Å². The van der Waals surface area contributed by atoms with Crippen LogP contribution in [0.25, 0.3) is 0 Å². The highest BCUT2D eigenvalue weighted by Gasteiger charge is 2.20. The average molecular weight is 240 g/mol. The molecule has 1 aromatic heterocycles. The molecule has 1 aromatic rings. The molecule has 0 bridgehead atoms. The van der Waals surface area contributed by atoms with Gasteiger partial charge in [-0.15, -0.1) is 0 Å². The van der Waals surface area contributed by atoms with Crippen molar-refractivity contribution in [1.29, 1.82) is 0 Å². The van der Waals surface area contributed by atoms with Crippen molar-refractivity contribution in [3.63, 3.8) is 0 Å². The normalized spacial score (nSPS) is 12.9. The molecule has 16 heavy (non-hydrogen) atoms. The summed E-state index contributed by atoms with van der Waals surface area (Å²) in [6, 6.07) is 1.89. The van der Waals surface area contributed by atoms with E-state index in [1.165, 1.54) is 0 Å². The molecule has 4 heteroatoms. The summed E-state index contributed by atoms with van der Waals surface area (Å²) in [5, 5.41) is 3.83. The number of hydrogen-bond donors (Lipinski definition) is 0. The molecule has 0 radical (unpaired) electrons. The summed E-state index contributed by atoms with van der Waals surface area (Å²) in [6.07, 6.45) is 0.455. The zero-order chi connectivity index (χ0) is 12.2. The minimum atomic E-state index is -0.677. The van der Waals surface area contributed by atoms with Gasteiger partial charge in [0, 0.05) is 5.56 Å². The van der Waals surface area contributed by atoms with Crippen LogP contribution in [0.15, 0.2) is 29.5 Å². The van der Waals surface area contributed by atoms with E-state index in [0.29, 0.717) is 0 Å². The number of rotatable bonds is 3. The molecule has 0 aliphatic heterocycles. The molecule has 0 N–H and O–H groups in total. The van der Waals surface area contributed by atoms with Gasteiger partial charge in [-0.2, -0.15) is 11.3 Å². The van der Waals surface area contributed by atoms with Crippen LogP contribution >= 0.6 is 11.3 Å². The second-order valence-electron chi connectivity index (χ2n) is 4.30. The molecule has 1 heterocycles. The van der Waals surface area contributed by atoms with Crippen LogP contribution in [-0.4, -0.2) is 11.8 Å². The molecule has 0 aliphatic carbocycles. The highest BCUT2D eigenvalue weighted by atomic mass is 32.1. The first-order chi connectivity index (χ1) is 7.42. The third-order valence-corrected chi connectivity index (χ3v) is 2.40. The fourth-order valence-corrected chi connectivity index (χ4v) is 1.75. The van der Waals surface area contributed by atoms with Crippen molar-refractivity contribution >= 4 is 17.5 Å². The van der Waals surface area contributed by atoms with Crippen molar-refractivity contribution in [3.8, 4) is 0 Å². The van der Waals surface area contributed by atoms with E-state index in [4.69, 9.17) is 9.47 Å². The highest BCUT2D eigenvalue weighted by molar-refractivity contribution is 7.07. The molecule has 0 fully saturated rings. The second-order valence-corrected chi connectivity index (χ2v) is 5.08. The third-order valence-electron chi connectivity index (χ3n) is 1.70. The molecular formula is C12H16O3S. The number of hydrogen-bond acceptors (Lipinski definition) is 4. The van der Waals surface area contributed by atoms with Gasteiger partial charge in [-0.3, -0.25) is 0 Å². The average Bonchev–Trinajstić information content (AvgIpc) is 2.63. The summed E-state index contributed by atoms with van der Waals surface area (Å²) >= 11 is 1.54. The third kappa shape index (κ3) is 4.06. The summed E-state index contributed by atoms with van der Waals surface area (Å²) < 4.78 is 10.2. The minimum absolute atomic E-state index is 0.443. The Morgan fingerprint density at radius 2 is 2.25 bits per heavy atom. The molecule has 0 saturated carbocycles. The predicted octanol–water partition coefficient (Wildman–Crippen LogP) is 3.93. The SMILES string of the molecule is C=C[C@H](OC(=O)OC(C)(C)C)c1ccsc1. The van der Waals surface area contributed by atoms with Crippen LogP contribution in [0.1, 0.15) is 32.4 Å². The first-order valence-electron chi connectivity index (χ1n) is 4.96. The summed E-state index contributed by atoms with van der Waals surface area (Å²) in [5.74, 6) is 0. The zero-order valence-electron chi connectivity index (χ0n) is 9.73. The van der Waals surface area contributed by atoms with Crippen LogP contribution in [0.2, 0.25) is 0 Å². The fourth-order valence-electron chi connectivity index (χ4n) is 1.07. The Balaban J connectivity index is 2.58. The molecule has 0 aliphatic rings.